The minimum Gasteiger partial charge on any atom is -0.270 e. The molecule has 5 aliphatic heterocycles. The van der Waals surface area contributed by atoms with Gasteiger partial charge in [-0.1, -0.05) is 7.43 Å². The summed E-state index contributed by atoms with van der Waals surface area (Å²) in [5, 5.41) is 0. The maximum atomic E-state index is 2.56. The number of likely N-dealkylation sites (N-methyl/N-ethyl adjacent to an activating group) is 6. The normalized spacial score (nSPS) is 47.1. The van der Waals surface area contributed by atoms with E-state index < -0.39 is 0 Å². The first-order chi connectivity index (χ1) is 8.46. The summed E-state index contributed by atoms with van der Waals surface area (Å²) in [5.74, 6) is 0. The zero-order chi connectivity index (χ0) is 12.9. The number of rotatable bonds is 0. The van der Waals surface area contributed by atoms with Gasteiger partial charge in [-0.05, 0) is 42.3 Å². The molecule has 0 radical (unpaired) electrons. The van der Waals surface area contributed by atoms with Crippen LogP contribution in [0.4, 0.5) is 0 Å². The predicted molar refractivity (Wildman–Crippen MR) is 76.0 cm³/mol. The van der Waals surface area contributed by atoms with Crippen LogP contribution in [0, 0.1) is 75.5 Å². The van der Waals surface area contributed by atoms with Crippen molar-refractivity contribution < 1.29 is 75.5 Å². The summed E-state index contributed by atoms with van der Waals surface area (Å²) in [6.07, 6.45) is 2.99. The van der Waals surface area contributed by atoms with Crippen LogP contribution >= 0.6 is 0 Å². The molecule has 0 amide bonds. The molecule has 5 fully saturated rings. The summed E-state index contributed by atoms with van der Waals surface area (Å²) >= 11 is 0. The molecule has 0 N–H and O–H groups in total. The Hall–Kier alpha value is 2.28. The third kappa shape index (κ3) is 2.36. The quantitative estimate of drug-likeness (QED) is 0.568. The molecule has 0 saturated carbocycles. The van der Waals surface area contributed by atoms with Gasteiger partial charge in [0.15, 0.2) is 0 Å². The summed E-state index contributed by atoms with van der Waals surface area (Å²) in [6.45, 7) is 0. The largest absolute Gasteiger partial charge is 0.270 e. The summed E-state index contributed by atoms with van der Waals surface area (Å²) in [6, 6.07) is 0. The molecule has 0 spiro atoms. The Morgan fingerprint density at radius 2 is 0.476 bits per heavy atom. The van der Waals surface area contributed by atoms with Crippen molar-refractivity contribution in [2.24, 2.45) is 0 Å². The van der Waals surface area contributed by atoms with Crippen LogP contribution < -0.4 is 0 Å². The predicted octanol–water partition coefficient (Wildman–Crippen LogP) is -0.776. The Morgan fingerprint density at radius 3 is 0.571 bits per heavy atom. The van der Waals surface area contributed by atoms with Gasteiger partial charge in [0.05, 0.1) is 37.0 Å². The first-order valence-electron chi connectivity index (χ1n) is 6.78. The summed E-state index contributed by atoms with van der Waals surface area (Å²) in [7, 11) is 13.7. The molecule has 5 saturated heterocycles. The first-order valence-corrected chi connectivity index (χ1v) is 6.78. The third-order valence-corrected chi connectivity index (χ3v) is 5.81. The third-order valence-electron chi connectivity index (χ3n) is 5.81. The Balaban J connectivity index is 0.000000735. The Bertz CT molecular complexity index is 331. The van der Waals surface area contributed by atoms with Crippen molar-refractivity contribution in [3.8, 4) is 0 Å². The maximum absolute atomic E-state index is 2.56. The van der Waals surface area contributed by atoms with E-state index in [0.29, 0.717) is 37.0 Å². The van der Waals surface area contributed by atoms with Gasteiger partial charge in [0.25, 0.3) is 0 Å². The van der Waals surface area contributed by atoms with Crippen molar-refractivity contribution in [3.05, 3.63) is 0 Å². The van der Waals surface area contributed by atoms with Gasteiger partial charge in [0.1, 0.15) is 0 Å². The SMILES string of the molecule is C.CN1C2C3N(C)C1C1N(C)C(C(N1C)N3C)N2C.[Ar].[Ar]. The number of piperazine rings is 1. The summed E-state index contributed by atoms with van der Waals surface area (Å²) < 4.78 is 0. The van der Waals surface area contributed by atoms with Crippen LogP contribution in [-0.4, -0.2) is 109 Å². The van der Waals surface area contributed by atoms with Crippen LogP contribution in [-0.2, 0) is 0 Å². The minimum atomic E-state index is 0. The van der Waals surface area contributed by atoms with Crippen molar-refractivity contribution >= 4 is 0 Å². The van der Waals surface area contributed by atoms with Crippen LogP contribution in [0.3, 0.4) is 0 Å². The zero-order valence-corrected chi connectivity index (χ0v) is 14.3. The van der Waals surface area contributed by atoms with Crippen molar-refractivity contribution in [1.82, 2.24) is 29.4 Å². The van der Waals surface area contributed by atoms with Gasteiger partial charge in [-0.25, -0.2) is 0 Å². The van der Waals surface area contributed by atoms with Gasteiger partial charge in [0.2, 0.25) is 0 Å². The maximum Gasteiger partial charge on any atom is 0.0943 e. The van der Waals surface area contributed by atoms with E-state index >= 15 is 0 Å². The van der Waals surface area contributed by atoms with E-state index in [-0.39, 0.29) is 82.9 Å². The van der Waals surface area contributed by atoms with Gasteiger partial charge in [-0.15, -0.1) is 0 Å². The van der Waals surface area contributed by atoms with Crippen LogP contribution in [0.2, 0.25) is 0 Å². The zero-order valence-electron chi connectivity index (χ0n) is 12.9. The van der Waals surface area contributed by atoms with E-state index in [0.717, 1.165) is 0 Å². The molecule has 0 aromatic heterocycles. The fourth-order valence-electron chi connectivity index (χ4n) is 5.19. The Morgan fingerprint density at radius 1 is 0.381 bits per heavy atom. The van der Waals surface area contributed by atoms with E-state index in [2.05, 4.69) is 71.7 Å². The average Bonchev–Trinajstić information content (AvgIpc) is 2.67. The van der Waals surface area contributed by atoms with Gasteiger partial charge in [0, 0.05) is 75.5 Å². The second kappa shape index (κ2) is 6.88. The Labute approximate surface area is 189 Å². The molecule has 5 aliphatic rings. The molecule has 21 heavy (non-hydrogen) atoms. The smallest absolute Gasteiger partial charge is 0.0943 e. The number of hydrogen-bond acceptors (Lipinski definition) is 6. The molecule has 5 rings (SSSR count). The van der Waals surface area contributed by atoms with E-state index in [1.54, 1.807) is 0 Å². The second-order valence-corrected chi connectivity index (χ2v) is 6.47. The molecular weight excluding hydrogens is 320 g/mol. The van der Waals surface area contributed by atoms with Crippen LogP contribution in [0.5, 0.6) is 0 Å². The second-order valence-electron chi connectivity index (χ2n) is 6.47. The van der Waals surface area contributed by atoms with Crippen LogP contribution in [0.25, 0.3) is 0 Å². The molecule has 5 heterocycles. The standard InChI is InChI=1S/C12H24N6.CH4.2Ar/c1-13-7-8-14(2)11(13)12-15(3)9(17(7)5)10(16(12)4)18(8)6;;;/h7-12H,1-6H3;1H4;;. The van der Waals surface area contributed by atoms with E-state index in [1.807, 2.05) is 0 Å². The molecule has 126 valence electrons. The van der Waals surface area contributed by atoms with Crippen molar-refractivity contribution in [3.63, 3.8) is 0 Å². The molecule has 0 aliphatic carbocycles. The van der Waals surface area contributed by atoms with Gasteiger partial charge < -0.3 is 0 Å². The molecule has 0 unspecified atom stereocenters. The fourth-order valence-corrected chi connectivity index (χ4v) is 5.19. The molecule has 6 bridgehead atoms. The Kier molecular flexibility index (Phi) is 6.99. The van der Waals surface area contributed by atoms with Gasteiger partial charge in [-0.2, -0.15) is 0 Å². The topological polar surface area (TPSA) is 19.4 Å². The van der Waals surface area contributed by atoms with Gasteiger partial charge >= 0.3 is 0 Å². The van der Waals surface area contributed by atoms with E-state index in [1.165, 1.54) is 0 Å². The van der Waals surface area contributed by atoms with E-state index in [4.69, 9.17) is 0 Å². The van der Waals surface area contributed by atoms with Crippen molar-refractivity contribution in [2.75, 3.05) is 42.3 Å². The van der Waals surface area contributed by atoms with Crippen LogP contribution in [0.1, 0.15) is 7.43 Å². The van der Waals surface area contributed by atoms with Crippen molar-refractivity contribution in [2.45, 2.75) is 44.4 Å². The molecule has 6 nitrogen and oxygen atoms in total. The van der Waals surface area contributed by atoms with Crippen LogP contribution in [0.15, 0.2) is 0 Å². The number of nitrogens with zero attached hydrogens (tertiary/aromatic N) is 6. The summed E-state index contributed by atoms with van der Waals surface area (Å²) in [4.78, 5) is 15.3. The monoisotopic (exact) mass is 348 g/mol. The summed E-state index contributed by atoms with van der Waals surface area (Å²) in [5.41, 5.74) is 0. The fraction of sp³-hybridized carbons (Fsp3) is 1.00. The first kappa shape index (κ1) is 21.3. The molecule has 0 aromatic rings. The molecular formula is C13H28Ar2N6. The molecule has 8 heteroatoms. The van der Waals surface area contributed by atoms with Crippen molar-refractivity contribution in [1.29, 1.82) is 0 Å². The van der Waals surface area contributed by atoms with Gasteiger partial charge in [-0.3, -0.25) is 29.4 Å². The molecule has 0 aromatic carbocycles. The van der Waals surface area contributed by atoms with E-state index in [9.17, 15) is 0 Å². The molecule has 0 atom stereocenters. The average molecular weight is 348 g/mol. The minimum absolute atomic E-state index is 0. The number of hydrogen-bond donors (Lipinski definition) is 0.